The number of carbonyl (C=O) groups excluding carboxylic acids is 1. The molecule has 0 bridgehead atoms. The van der Waals surface area contributed by atoms with E-state index in [9.17, 15) is 4.79 Å². The number of nitrogens with two attached hydrogens (primary N) is 1. The zero-order chi connectivity index (χ0) is 17.8. The molecule has 0 aliphatic rings. The maximum Gasteiger partial charge on any atom is 0.268 e. The molecule has 9 heteroatoms. The van der Waals surface area contributed by atoms with Crippen LogP contribution in [0.25, 0.3) is 11.4 Å². The van der Waals surface area contributed by atoms with E-state index in [0.717, 1.165) is 0 Å². The van der Waals surface area contributed by atoms with Gasteiger partial charge in [-0.3, -0.25) is 9.78 Å². The van der Waals surface area contributed by atoms with Gasteiger partial charge < -0.3 is 21.1 Å². The smallest absolute Gasteiger partial charge is 0.268 e. The summed E-state index contributed by atoms with van der Waals surface area (Å²) in [5.41, 5.74) is 8.17. The van der Waals surface area contributed by atoms with Crippen LogP contribution in [0.2, 0.25) is 5.02 Å². The highest BCUT2D eigenvalue weighted by molar-refractivity contribution is 7.09. The van der Waals surface area contributed by atoms with Crippen molar-refractivity contribution in [1.29, 1.82) is 0 Å². The monoisotopic (exact) mass is 377 g/mol. The summed E-state index contributed by atoms with van der Waals surface area (Å²) in [5, 5.41) is 14.8. The lowest BCUT2D eigenvalue weighted by molar-refractivity contribution is 0.0932. The number of nitrogens with one attached hydrogen (secondary N) is 2. The molecule has 3 rings (SSSR count). The van der Waals surface area contributed by atoms with E-state index in [-0.39, 0.29) is 19.1 Å². The van der Waals surface area contributed by atoms with Crippen molar-refractivity contribution in [3.05, 3.63) is 57.3 Å². The van der Waals surface area contributed by atoms with Gasteiger partial charge in [0.25, 0.3) is 5.91 Å². The summed E-state index contributed by atoms with van der Waals surface area (Å²) in [5.74, 6) is -0.297. The summed E-state index contributed by atoms with van der Waals surface area (Å²) in [6, 6.07) is 6.52. The number of carbonyl (C=O) groups is 1. The van der Waals surface area contributed by atoms with Crippen LogP contribution in [0.5, 0.6) is 0 Å². The number of aliphatic hydroxyl groups excluding tert-OH is 1. The minimum atomic E-state index is -0.426. The van der Waals surface area contributed by atoms with E-state index in [2.05, 4.69) is 20.3 Å². The van der Waals surface area contributed by atoms with Gasteiger partial charge in [0, 0.05) is 18.1 Å². The number of amides is 1. The zero-order valence-corrected chi connectivity index (χ0v) is 14.6. The molecule has 0 spiro atoms. The Labute approximate surface area is 152 Å². The highest BCUT2D eigenvalue weighted by Gasteiger charge is 2.18. The van der Waals surface area contributed by atoms with Gasteiger partial charge in [-0.1, -0.05) is 11.6 Å². The zero-order valence-electron chi connectivity index (χ0n) is 13.1. The first kappa shape index (κ1) is 17.6. The number of H-pyrrole nitrogens is 1. The van der Waals surface area contributed by atoms with Gasteiger partial charge >= 0.3 is 0 Å². The molecule has 5 N–H and O–H groups in total. The maximum atomic E-state index is 12.4. The number of nitrogens with zero attached hydrogens (tertiary/aromatic N) is 2. The summed E-state index contributed by atoms with van der Waals surface area (Å²) in [6.45, 7) is 0.0661. The standard InChI is InChI=1S/C16H16ClN5O2S/c17-9-1-2-10(19-6-9)11-3-4-12(20-11)16(24)22-13(5-18)14-8-25-15(7-23)21-14/h1-4,6,8,13,20,23H,5,7,18H2,(H,22,24). The van der Waals surface area contributed by atoms with Gasteiger partial charge in [-0.05, 0) is 24.3 Å². The first-order chi connectivity index (χ1) is 12.1. The molecule has 0 aromatic carbocycles. The Morgan fingerprint density at radius 3 is 2.88 bits per heavy atom. The van der Waals surface area contributed by atoms with Crippen molar-refractivity contribution in [3.8, 4) is 11.4 Å². The normalized spacial score (nSPS) is 12.1. The Hall–Kier alpha value is -2.26. The van der Waals surface area contributed by atoms with Crippen molar-refractivity contribution in [1.82, 2.24) is 20.3 Å². The lowest BCUT2D eigenvalue weighted by Crippen LogP contribution is -2.33. The van der Waals surface area contributed by atoms with Crippen molar-refractivity contribution < 1.29 is 9.90 Å². The largest absolute Gasteiger partial charge is 0.389 e. The second-order valence-electron chi connectivity index (χ2n) is 5.23. The lowest BCUT2D eigenvalue weighted by Gasteiger charge is -2.14. The van der Waals surface area contributed by atoms with Crippen LogP contribution >= 0.6 is 22.9 Å². The van der Waals surface area contributed by atoms with E-state index in [4.69, 9.17) is 22.4 Å². The van der Waals surface area contributed by atoms with Gasteiger partial charge in [0.1, 0.15) is 10.7 Å². The van der Waals surface area contributed by atoms with E-state index in [1.54, 1.807) is 35.8 Å². The van der Waals surface area contributed by atoms with Crippen molar-refractivity contribution >= 4 is 28.8 Å². The number of aromatic amines is 1. The summed E-state index contributed by atoms with van der Waals surface area (Å²) in [7, 11) is 0. The van der Waals surface area contributed by atoms with E-state index >= 15 is 0 Å². The van der Waals surface area contributed by atoms with Crippen molar-refractivity contribution in [2.24, 2.45) is 5.73 Å². The number of rotatable bonds is 6. The second-order valence-corrected chi connectivity index (χ2v) is 6.61. The van der Waals surface area contributed by atoms with Crippen LogP contribution in [0.4, 0.5) is 0 Å². The fraction of sp³-hybridized carbons (Fsp3) is 0.188. The van der Waals surface area contributed by atoms with Crippen molar-refractivity contribution in [3.63, 3.8) is 0 Å². The molecule has 0 aliphatic heterocycles. The molecule has 0 radical (unpaired) electrons. The quantitative estimate of drug-likeness (QED) is 0.525. The van der Waals surface area contributed by atoms with Crippen LogP contribution in [0.3, 0.4) is 0 Å². The Bertz CT molecular complexity index is 862. The van der Waals surface area contributed by atoms with Crippen LogP contribution in [0, 0.1) is 0 Å². The molecule has 3 aromatic heterocycles. The number of pyridine rings is 1. The molecule has 7 nitrogen and oxygen atoms in total. The molecule has 3 heterocycles. The van der Waals surface area contributed by atoms with Crippen LogP contribution in [0.1, 0.15) is 27.2 Å². The third-order valence-electron chi connectivity index (χ3n) is 3.54. The van der Waals surface area contributed by atoms with Crippen LogP contribution in [-0.4, -0.2) is 32.5 Å². The summed E-state index contributed by atoms with van der Waals surface area (Å²) in [6.07, 6.45) is 1.54. The molecule has 0 aliphatic carbocycles. The molecule has 3 aromatic rings. The first-order valence-corrected chi connectivity index (χ1v) is 8.73. The van der Waals surface area contributed by atoms with Gasteiger partial charge in [0.2, 0.25) is 0 Å². The highest BCUT2D eigenvalue weighted by Crippen LogP contribution is 2.20. The maximum absolute atomic E-state index is 12.4. The predicted molar refractivity (Wildman–Crippen MR) is 96.3 cm³/mol. The van der Waals surface area contributed by atoms with Gasteiger partial charge in [0.15, 0.2) is 0 Å². The van der Waals surface area contributed by atoms with Crippen LogP contribution in [0.15, 0.2) is 35.8 Å². The summed E-state index contributed by atoms with van der Waals surface area (Å²) < 4.78 is 0. The van der Waals surface area contributed by atoms with E-state index in [1.807, 2.05) is 0 Å². The molecule has 0 fully saturated rings. The molecule has 0 saturated carbocycles. The fourth-order valence-electron chi connectivity index (χ4n) is 2.26. The topological polar surface area (TPSA) is 117 Å². The second kappa shape index (κ2) is 7.75. The molecule has 25 heavy (non-hydrogen) atoms. The number of thiazole rings is 1. The first-order valence-electron chi connectivity index (χ1n) is 7.47. The van der Waals surface area contributed by atoms with Gasteiger partial charge in [-0.2, -0.15) is 0 Å². The van der Waals surface area contributed by atoms with E-state index in [0.29, 0.717) is 32.8 Å². The number of halogens is 1. The van der Waals surface area contributed by atoms with E-state index in [1.165, 1.54) is 11.3 Å². The summed E-state index contributed by atoms with van der Waals surface area (Å²) in [4.78, 5) is 23.9. The third kappa shape index (κ3) is 4.05. The van der Waals surface area contributed by atoms with Gasteiger partial charge in [-0.15, -0.1) is 11.3 Å². The SMILES string of the molecule is NCC(NC(=O)c1ccc(-c2ccc(Cl)cn2)[nH]1)c1csc(CO)n1. The number of aliphatic hydroxyl groups is 1. The molecule has 130 valence electrons. The minimum absolute atomic E-state index is 0.135. The Morgan fingerprint density at radius 1 is 1.40 bits per heavy atom. The van der Waals surface area contributed by atoms with Gasteiger partial charge in [0.05, 0.1) is 34.8 Å². The Kier molecular flexibility index (Phi) is 5.44. The molecule has 0 saturated heterocycles. The van der Waals surface area contributed by atoms with Gasteiger partial charge in [-0.25, -0.2) is 4.98 Å². The number of hydrogen-bond acceptors (Lipinski definition) is 6. The summed E-state index contributed by atoms with van der Waals surface area (Å²) >= 11 is 7.15. The minimum Gasteiger partial charge on any atom is -0.389 e. The third-order valence-corrected chi connectivity index (χ3v) is 4.61. The molecular weight excluding hydrogens is 362 g/mol. The van der Waals surface area contributed by atoms with E-state index < -0.39 is 6.04 Å². The Morgan fingerprint density at radius 2 is 2.24 bits per heavy atom. The molecule has 1 atom stereocenters. The van der Waals surface area contributed by atoms with Crippen molar-refractivity contribution in [2.75, 3.05) is 6.54 Å². The number of hydrogen-bond donors (Lipinski definition) is 4. The molecular formula is C16H16ClN5O2S. The van der Waals surface area contributed by atoms with Crippen LogP contribution < -0.4 is 11.1 Å². The fourth-order valence-corrected chi connectivity index (χ4v) is 3.08. The lowest BCUT2D eigenvalue weighted by atomic mass is 10.2. The highest BCUT2D eigenvalue weighted by atomic mass is 35.5. The number of aromatic nitrogens is 3. The molecule has 1 unspecified atom stereocenters. The van der Waals surface area contributed by atoms with Crippen LogP contribution in [-0.2, 0) is 6.61 Å². The molecule has 1 amide bonds. The Balaban J connectivity index is 1.73. The predicted octanol–water partition coefficient (Wildman–Crippen LogP) is 2.11. The average Bonchev–Trinajstić information content (AvgIpc) is 3.29. The average molecular weight is 378 g/mol. The van der Waals surface area contributed by atoms with Crippen molar-refractivity contribution in [2.45, 2.75) is 12.6 Å².